The lowest BCUT2D eigenvalue weighted by Gasteiger charge is -2.16. The van der Waals surface area contributed by atoms with Gasteiger partial charge in [0.15, 0.2) is 0 Å². The third-order valence-electron chi connectivity index (χ3n) is 3.52. The van der Waals surface area contributed by atoms with Gasteiger partial charge >= 0.3 is 5.69 Å². The minimum Gasteiger partial charge on any atom is -0.385 e. The molecule has 0 aliphatic heterocycles. The predicted octanol–water partition coefficient (Wildman–Crippen LogP) is 0.899. The van der Waals surface area contributed by atoms with E-state index >= 15 is 0 Å². The Hall–Kier alpha value is -2.00. The summed E-state index contributed by atoms with van der Waals surface area (Å²) in [7, 11) is 1.66. The van der Waals surface area contributed by atoms with E-state index in [4.69, 9.17) is 10.6 Å². The Bertz CT molecular complexity index is 491. The van der Waals surface area contributed by atoms with Crippen LogP contribution in [0.25, 0.3) is 0 Å². The number of hydrazine groups is 1. The molecule has 1 aromatic heterocycles. The minimum absolute atomic E-state index is 0.139. The molecule has 1 saturated carbocycles. The SMILES string of the molecule is COCCC1(CNc2nc(NN)ncc2[N+](=O)[O-])CC1. The summed E-state index contributed by atoms with van der Waals surface area (Å²) in [6, 6.07) is 0. The van der Waals surface area contributed by atoms with Crippen molar-refractivity contribution in [2.75, 3.05) is 31.0 Å². The lowest BCUT2D eigenvalue weighted by molar-refractivity contribution is -0.384. The van der Waals surface area contributed by atoms with Crippen molar-refractivity contribution in [3.63, 3.8) is 0 Å². The first-order valence-electron chi connectivity index (χ1n) is 6.31. The van der Waals surface area contributed by atoms with E-state index < -0.39 is 4.92 Å². The van der Waals surface area contributed by atoms with Crippen molar-refractivity contribution >= 4 is 17.5 Å². The Balaban J connectivity index is 2.06. The summed E-state index contributed by atoms with van der Waals surface area (Å²) in [6.07, 6.45) is 4.24. The van der Waals surface area contributed by atoms with Gasteiger partial charge in [-0.05, 0) is 24.7 Å². The molecule has 1 aliphatic carbocycles. The van der Waals surface area contributed by atoms with Gasteiger partial charge in [-0.1, -0.05) is 0 Å². The fourth-order valence-corrected chi connectivity index (χ4v) is 1.99. The monoisotopic (exact) mass is 282 g/mol. The Morgan fingerprint density at radius 1 is 1.60 bits per heavy atom. The minimum atomic E-state index is -0.517. The number of rotatable bonds is 8. The first kappa shape index (κ1) is 14.4. The van der Waals surface area contributed by atoms with Gasteiger partial charge in [-0.15, -0.1) is 0 Å². The average molecular weight is 282 g/mol. The number of methoxy groups -OCH3 is 1. The summed E-state index contributed by atoms with van der Waals surface area (Å²) in [5.74, 6) is 5.54. The smallest absolute Gasteiger partial charge is 0.329 e. The van der Waals surface area contributed by atoms with Gasteiger partial charge in [0.1, 0.15) is 6.20 Å². The van der Waals surface area contributed by atoms with E-state index in [0.717, 1.165) is 25.5 Å². The van der Waals surface area contributed by atoms with Gasteiger partial charge in [-0.25, -0.2) is 10.8 Å². The van der Waals surface area contributed by atoms with Crippen LogP contribution in [0.2, 0.25) is 0 Å². The van der Waals surface area contributed by atoms with Crippen LogP contribution in [0.1, 0.15) is 19.3 Å². The van der Waals surface area contributed by atoms with Crippen molar-refractivity contribution in [3.8, 4) is 0 Å². The van der Waals surface area contributed by atoms with Crippen LogP contribution >= 0.6 is 0 Å². The van der Waals surface area contributed by atoms with E-state index in [-0.39, 0.29) is 22.9 Å². The Labute approximate surface area is 116 Å². The summed E-state index contributed by atoms with van der Waals surface area (Å²) < 4.78 is 5.08. The fourth-order valence-electron chi connectivity index (χ4n) is 1.99. The zero-order valence-corrected chi connectivity index (χ0v) is 11.3. The first-order chi connectivity index (χ1) is 9.60. The average Bonchev–Trinajstić information content (AvgIpc) is 3.23. The number of ether oxygens (including phenoxy) is 1. The molecule has 0 saturated heterocycles. The molecular formula is C11H18N6O3. The number of anilines is 2. The number of hydrogen-bond acceptors (Lipinski definition) is 8. The van der Waals surface area contributed by atoms with E-state index in [1.54, 1.807) is 7.11 Å². The highest BCUT2D eigenvalue weighted by Crippen LogP contribution is 2.48. The van der Waals surface area contributed by atoms with Crippen LogP contribution in [0.4, 0.5) is 17.5 Å². The molecular weight excluding hydrogens is 264 g/mol. The van der Waals surface area contributed by atoms with Crippen LogP contribution in [-0.4, -0.2) is 35.2 Å². The first-order valence-corrected chi connectivity index (χ1v) is 6.31. The second kappa shape index (κ2) is 5.97. The van der Waals surface area contributed by atoms with E-state index in [1.165, 1.54) is 0 Å². The third kappa shape index (κ3) is 3.31. The number of nitrogen functional groups attached to an aromatic ring is 1. The van der Waals surface area contributed by atoms with Crippen molar-refractivity contribution in [1.82, 2.24) is 9.97 Å². The molecule has 20 heavy (non-hydrogen) atoms. The van der Waals surface area contributed by atoms with Crippen LogP contribution < -0.4 is 16.6 Å². The van der Waals surface area contributed by atoms with Crippen molar-refractivity contribution in [3.05, 3.63) is 16.3 Å². The van der Waals surface area contributed by atoms with Crippen molar-refractivity contribution in [2.45, 2.75) is 19.3 Å². The molecule has 4 N–H and O–H groups in total. The zero-order chi connectivity index (χ0) is 14.6. The maximum Gasteiger partial charge on any atom is 0.329 e. The van der Waals surface area contributed by atoms with E-state index in [2.05, 4.69) is 20.7 Å². The highest BCUT2D eigenvalue weighted by molar-refractivity contribution is 5.57. The van der Waals surface area contributed by atoms with Gasteiger partial charge in [0, 0.05) is 20.3 Å². The second-order valence-corrected chi connectivity index (χ2v) is 4.93. The van der Waals surface area contributed by atoms with Crippen LogP contribution in [0.3, 0.4) is 0 Å². The van der Waals surface area contributed by atoms with Crippen molar-refractivity contribution in [1.29, 1.82) is 0 Å². The molecule has 0 aromatic carbocycles. The molecule has 1 heterocycles. The molecule has 9 nitrogen and oxygen atoms in total. The Morgan fingerprint density at radius 2 is 2.35 bits per heavy atom. The lowest BCUT2D eigenvalue weighted by Crippen LogP contribution is -2.19. The molecule has 110 valence electrons. The van der Waals surface area contributed by atoms with Gasteiger partial charge < -0.3 is 10.1 Å². The standard InChI is InChI=1S/C11H18N6O3/c1-20-5-4-11(2-3-11)7-14-9-8(17(18)19)6-13-10(15-9)16-12/h6H,2-5,7,12H2,1H3,(H2,13,14,15,16). The summed E-state index contributed by atoms with van der Waals surface area (Å²) in [5, 5.41) is 14.0. The van der Waals surface area contributed by atoms with Crippen molar-refractivity contribution < 1.29 is 9.66 Å². The summed E-state index contributed by atoms with van der Waals surface area (Å²) in [5.41, 5.74) is 2.27. The molecule has 0 spiro atoms. The summed E-state index contributed by atoms with van der Waals surface area (Å²) in [6.45, 7) is 1.31. The van der Waals surface area contributed by atoms with Gasteiger partial charge in [0.25, 0.3) is 0 Å². The molecule has 0 atom stereocenters. The molecule has 1 fully saturated rings. The number of nitrogens with zero attached hydrogens (tertiary/aromatic N) is 3. The highest BCUT2D eigenvalue weighted by Gasteiger charge is 2.42. The Kier molecular flexibility index (Phi) is 4.30. The molecule has 2 rings (SSSR count). The normalized spacial score (nSPS) is 15.7. The predicted molar refractivity (Wildman–Crippen MR) is 73.1 cm³/mol. The summed E-state index contributed by atoms with van der Waals surface area (Å²) in [4.78, 5) is 18.2. The molecule has 0 unspecified atom stereocenters. The topological polar surface area (TPSA) is 128 Å². The Morgan fingerprint density at radius 3 is 2.90 bits per heavy atom. The van der Waals surface area contributed by atoms with E-state index in [9.17, 15) is 10.1 Å². The van der Waals surface area contributed by atoms with E-state index in [0.29, 0.717) is 13.2 Å². The molecule has 0 radical (unpaired) electrons. The lowest BCUT2D eigenvalue weighted by atomic mass is 10.0. The quantitative estimate of drug-likeness (QED) is 0.364. The number of nitrogens with one attached hydrogen (secondary N) is 2. The van der Waals surface area contributed by atoms with Gasteiger partial charge in [0.2, 0.25) is 11.8 Å². The van der Waals surface area contributed by atoms with Crippen LogP contribution in [-0.2, 0) is 4.74 Å². The van der Waals surface area contributed by atoms with Gasteiger partial charge in [0.05, 0.1) is 4.92 Å². The summed E-state index contributed by atoms with van der Waals surface area (Å²) >= 11 is 0. The van der Waals surface area contributed by atoms with Crippen LogP contribution in [0.15, 0.2) is 6.20 Å². The number of nitrogens with two attached hydrogens (primary N) is 1. The maximum absolute atomic E-state index is 10.9. The van der Waals surface area contributed by atoms with Crippen LogP contribution in [0, 0.1) is 15.5 Å². The largest absolute Gasteiger partial charge is 0.385 e. The van der Waals surface area contributed by atoms with Crippen molar-refractivity contribution in [2.24, 2.45) is 11.3 Å². The number of nitro groups is 1. The molecule has 1 aliphatic rings. The van der Waals surface area contributed by atoms with Gasteiger partial charge in [-0.2, -0.15) is 4.98 Å². The number of hydrogen-bond donors (Lipinski definition) is 3. The second-order valence-electron chi connectivity index (χ2n) is 4.93. The molecule has 9 heteroatoms. The zero-order valence-electron chi connectivity index (χ0n) is 11.3. The van der Waals surface area contributed by atoms with Crippen LogP contribution in [0.5, 0.6) is 0 Å². The van der Waals surface area contributed by atoms with Gasteiger partial charge in [-0.3, -0.25) is 15.5 Å². The fraction of sp³-hybridized carbons (Fsp3) is 0.636. The molecule has 1 aromatic rings. The molecule has 0 bridgehead atoms. The third-order valence-corrected chi connectivity index (χ3v) is 3.52. The molecule has 0 amide bonds. The van der Waals surface area contributed by atoms with E-state index in [1.807, 2.05) is 0 Å². The highest BCUT2D eigenvalue weighted by atomic mass is 16.6. The maximum atomic E-state index is 10.9. The number of aromatic nitrogens is 2.